The Labute approximate surface area is 152 Å². The van der Waals surface area contributed by atoms with Gasteiger partial charge in [0.25, 0.3) is 5.91 Å². The van der Waals surface area contributed by atoms with Crippen molar-refractivity contribution in [1.29, 1.82) is 0 Å². The van der Waals surface area contributed by atoms with E-state index in [-0.39, 0.29) is 18.0 Å². The first-order chi connectivity index (χ1) is 12.6. The van der Waals surface area contributed by atoms with Crippen molar-refractivity contribution in [1.82, 2.24) is 15.1 Å². The molecule has 0 unspecified atom stereocenters. The molecular weight excluding hydrogens is 334 g/mol. The Morgan fingerprint density at radius 1 is 1.27 bits per heavy atom. The van der Waals surface area contributed by atoms with E-state index in [1.807, 2.05) is 24.3 Å². The summed E-state index contributed by atoms with van der Waals surface area (Å²) in [5, 5.41) is 2.95. The summed E-state index contributed by atoms with van der Waals surface area (Å²) >= 11 is 0. The van der Waals surface area contributed by atoms with Crippen molar-refractivity contribution in [2.45, 2.75) is 25.0 Å². The summed E-state index contributed by atoms with van der Waals surface area (Å²) in [6.07, 6.45) is 2.10. The molecule has 138 valence electrons. The van der Waals surface area contributed by atoms with Crippen LogP contribution in [-0.4, -0.2) is 61.7 Å². The van der Waals surface area contributed by atoms with Gasteiger partial charge in [0.2, 0.25) is 0 Å². The molecule has 3 aliphatic rings. The third-order valence-electron chi connectivity index (χ3n) is 5.33. The lowest BCUT2D eigenvalue weighted by Gasteiger charge is -2.31. The highest BCUT2D eigenvalue weighted by molar-refractivity contribution is 6.01. The number of hydrogen-bond donors (Lipinski definition) is 1. The Morgan fingerprint density at radius 3 is 2.69 bits per heavy atom. The molecule has 3 heterocycles. The van der Waals surface area contributed by atoms with Gasteiger partial charge >= 0.3 is 6.03 Å². The van der Waals surface area contributed by atoms with Gasteiger partial charge in [-0.05, 0) is 30.5 Å². The fraction of sp³-hybridized carbons (Fsp3) is 0.474. The second kappa shape index (κ2) is 6.64. The van der Waals surface area contributed by atoms with Crippen LogP contribution in [0.25, 0.3) is 0 Å². The van der Waals surface area contributed by atoms with Crippen molar-refractivity contribution in [3.63, 3.8) is 0 Å². The number of urea groups is 1. The number of ether oxygens (including phenoxy) is 2. The van der Waals surface area contributed by atoms with Crippen molar-refractivity contribution in [2.75, 3.05) is 33.9 Å². The van der Waals surface area contributed by atoms with Gasteiger partial charge in [-0.1, -0.05) is 12.1 Å². The number of carbonyl (C=O) groups excluding carboxylic acids is 2. The van der Waals surface area contributed by atoms with E-state index in [0.29, 0.717) is 18.7 Å². The summed E-state index contributed by atoms with van der Waals surface area (Å²) in [4.78, 5) is 28.8. The summed E-state index contributed by atoms with van der Waals surface area (Å²) in [6, 6.07) is 6.80. The zero-order valence-corrected chi connectivity index (χ0v) is 15.0. The van der Waals surface area contributed by atoms with Gasteiger partial charge in [0, 0.05) is 20.2 Å². The molecule has 3 aliphatic heterocycles. The molecular formula is C19H23N3O4. The molecule has 1 saturated heterocycles. The van der Waals surface area contributed by atoms with Crippen LogP contribution in [0.2, 0.25) is 0 Å². The maximum Gasteiger partial charge on any atom is 0.322 e. The number of amides is 3. The monoisotopic (exact) mass is 357 g/mol. The number of nitrogens with zero attached hydrogens (tertiary/aromatic N) is 2. The topological polar surface area (TPSA) is 71.1 Å². The first-order valence-electron chi connectivity index (χ1n) is 8.90. The van der Waals surface area contributed by atoms with Gasteiger partial charge in [-0.3, -0.25) is 9.69 Å². The lowest BCUT2D eigenvalue weighted by molar-refractivity contribution is -0.127. The van der Waals surface area contributed by atoms with E-state index in [1.54, 1.807) is 24.0 Å². The number of carbonyl (C=O) groups is 2. The number of rotatable bonds is 4. The van der Waals surface area contributed by atoms with Gasteiger partial charge in [-0.2, -0.15) is 0 Å². The smallest absolute Gasteiger partial charge is 0.322 e. The van der Waals surface area contributed by atoms with Gasteiger partial charge < -0.3 is 19.7 Å². The summed E-state index contributed by atoms with van der Waals surface area (Å²) in [5.74, 6) is 0.711. The molecule has 1 aromatic rings. The second-order valence-corrected chi connectivity index (χ2v) is 6.90. The van der Waals surface area contributed by atoms with Crippen LogP contribution in [-0.2, 0) is 9.53 Å². The number of methoxy groups -OCH3 is 1. The summed E-state index contributed by atoms with van der Waals surface area (Å²) < 4.78 is 10.9. The molecule has 7 nitrogen and oxygen atoms in total. The van der Waals surface area contributed by atoms with Crippen molar-refractivity contribution < 1.29 is 19.1 Å². The number of hydrogen-bond acceptors (Lipinski definition) is 4. The summed E-state index contributed by atoms with van der Waals surface area (Å²) in [7, 11) is 3.31. The number of benzene rings is 1. The van der Waals surface area contributed by atoms with Crippen LogP contribution in [0.3, 0.4) is 0 Å². The quantitative estimate of drug-likeness (QED) is 0.890. The number of likely N-dealkylation sites (N-methyl/N-ethyl adjacent to an activating group) is 1. The minimum absolute atomic E-state index is 0.0248. The predicted molar refractivity (Wildman–Crippen MR) is 94.6 cm³/mol. The molecule has 1 N–H and O–H groups in total. The zero-order valence-electron chi connectivity index (χ0n) is 15.0. The van der Waals surface area contributed by atoms with Crippen LogP contribution in [0.15, 0.2) is 35.5 Å². The Morgan fingerprint density at radius 2 is 2.04 bits per heavy atom. The van der Waals surface area contributed by atoms with Gasteiger partial charge in [-0.25, -0.2) is 4.79 Å². The molecule has 3 amide bonds. The highest BCUT2D eigenvalue weighted by atomic mass is 16.5. The average Bonchev–Trinajstić information content (AvgIpc) is 3.28. The van der Waals surface area contributed by atoms with Gasteiger partial charge in [0.15, 0.2) is 0 Å². The lowest BCUT2D eigenvalue weighted by Crippen LogP contribution is -2.45. The first kappa shape index (κ1) is 16.9. The van der Waals surface area contributed by atoms with Crippen LogP contribution in [0.4, 0.5) is 4.79 Å². The molecule has 26 heavy (non-hydrogen) atoms. The Bertz CT molecular complexity index is 753. The van der Waals surface area contributed by atoms with Crippen LogP contribution >= 0.6 is 0 Å². The minimum atomic E-state index is -0.443. The van der Waals surface area contributed by atoms with Crippen molar-refractivity contribution >= 4 is 11.9 Å². The van der Waals surface area contributed by atoms with Crippen molar-refractivity contribution in [3.8, 4) is 5.75 Å². The highest BCUT2D eigenvalue weighted by Gasteiger charge is 2.43. The van der Waals surface area contributed by atoms with Crippen LogP contribution < -0.4 is 10.1 Å². The normalized spacial score (nSPS) is 25.6. The van der Waals surface area contributed by atoms with E-state index in [0.717, 1.165) is 36.5 Å². The van der Waals surface area contributed by atoms with E-state index < -0.39 is 6.04 Å². The lowest BCUT2D eigenvalue weighted by atomic mass is 9.95. The maximum atomic E-state index is 13.1. The van der Waals surface area contributed by atoms with Crippen LogP contribution in [0, 0.1) is 0 Å². The van der Waals surface area contributed by atoms with E-state index in [2.05, 4.69) is 5.32 Å². The molecule has 0 aromatic heterocycles. The van der Waals surface area contributed by atoms with Crippen molar-refractivity contribution in [2.24, 2.45) is 0 Å². The largest absolute Gasteiger partial charge is 0.497 e. The van der Waals surface area contributed by atoms with E-state index in [1.165, 1.54) is 0 Å². The first-order valence-corrected chi connectivity index (χ1v) is 8.90. The third kappa shape index (κ3) is 2.82. The summed E-state index contributed by atoms with van der Waals surface area (Å²) in [5.41, 5.74) is 2.29. The van der Waals surface area contributed by atoms with E-state index >= 15 is 0 Å². The Balaban J connectivity index is 1.62. The molecule has 0 spiro atoms. The highest BCUT2D eigenvalue weighted by Crippen LogP contribution is 2.36. The van der Waals surface area contributed by atoms with Gasteiger partial charge in [0.1, 0.15) is 5.75 Å². The van der Waals surface area contributed by atoms with Crippen molar-refractivity contribution in [3.05, 3.63) is 41.1 Å². The maximum absolute atomic E-state index is 13.1. The molecule has 1 aromatic carbocycles. The number of nitrogens with one attached hydrogen (secondary N) is 1. The molecule has 0 radical (unpaired) electrons. The third-order valence-corrected chi connectivity index (χ3v) is 5.33. The molecule has 4 rings (SSSR count). The molecule has 1 fully saturated rings. The molecule has 0 bridgehead atoms. The Kier molecular flexibility index (Phi) is 4.32. The predicted octanol–water partition coefficient (Wildman–Crippen LogP) is 1.67. The SMILES string of the molecule is COc1ccc([C@H]2NC(=O)N(C)C3=C2C(=O)N(C[C@@H]2CCCO2)C3)cc1. The molecule has 7 heteroatoms. The average molecular weight is 357 g/mol. The van der Waals surface area contributed by atoms with Crippen LogP contribution in [0.1, 0.15) is 24.4 Å². The van der Waals surface area contributed by atoms with Crippen LogP contribution in [0.5, 0.6) is 5.75 Å². The summed E-state index contributed by atoms with van der Waals surface area (Å²) in [6.45, 7) is 1.78. The fourth-order valence-corrected chi connectivity index (χ4v) is 3.85. The van der Waals surface area contributed by atoms with Gasteiger partial charge in [0.05, 0.1) is 37.1 Å². The minimum Gasteiger partial charge on any atom is -0.497 e. The molecule has 2 atom stereocenters. The second-order valence-electron chi connectivity index (χ2n) is 6.90. The van der Waals surface area contributed by atoms with Gasteiger partial charge in [-0.15, -0.1) is 0 Å². The Hall–Kier alpha value is -2.54. The van der Waals surface area contributed by atoms with E-state index in [9.17, 15) is 9.59 Å². The molecule has 0 saturated carbocycles. The standard InChI is InChI=1S/C19H23N3O4/c1-21-15-11-22(10-14-4-3-9-26-14)18(23)16(15)17(20-19(21)24)12-5-7-13(25-2)8-6-12/h5-8,14,17H,3-4,9-11H2,1-2H3,(H,20,24)/t14-,17+/m0/s1. The fourth-order valence-electron chi connectivity index (χ4n) is 3.85. The zero-order chi connectivity index (χ0) is 18.3. The molecule has 0 aliphatic carbocycles. The van der Waals surface area contributed by atoms with E-state index in [4.69, 9.17) is 9.47 Å².